The molecule has 0 amide bonds. The molecule has 0 heterocycles. The minimum Gasteiger partial charge on any atom is -0.399 e. The molecule has 0 atom stereocenters. The summed E-state index contributed by atoms with van der Waals surface area (Å²) in [4.78, 5) is 0.167. The maximum Gasteiger partial charge on any atom is 0.261 e. The third-order valence-electron chi connectivity index (χ3n) is 2.98. The highest BCUT2D eigenvalue weighted by molar-refractivity contribution is 7.92. The van der Waals surface area contributed by atoms with Gasteiger partial charge in [-0.3, -0.25) is 4.72 Å². The fourth-order valence-corrected chi connectivity index (χ4v) is 3.00. The zero-order chi connectivity index (χ0) is 14.9. The average Bonchev–Trinajstić information content (AvgIpc) is 2.37. The molecular weight excluding hydrogens is 296 g/mol. The van der Waals surface area contributed by atoms with Gasteiger partial charge in [-0.25, -0.2) is 8.42 Å². The van der Waals surface area contributed by atoms with Crippen LogP contribution in [0.25, 0.3) is 0 Å². The third-order valence-corrected chi connectivity index (χ3v) is 4.76. The number of hydrogen-bond acceptors (Lipinski definition) is 3. The van der Waals surface area contributed by atoms with Crippen molar-refractivity contribution in [2.24, 2.45) is 0 Å². The van der Waals surface area contributed by atoms with E-state index in [2.05, 4.69) is 4.72 Å². The number of halogens is 1. The van der Waals surface area contributed by atoms with Crippen LogP contribution in [0.1, 0.15) is 11.1 Å². The summed E-state index contributed by atoms with van der Waals surface area (Å²) in [5.74, 6) is 0. The fraction of sp³-hybridized carbons (Fsp3) is 0.143. The number of nitrogen functional groups attached to an aromatic ring is 1. The van der Waals surface area contributed by atoms with E-state index in [-0.39, 0.29) is 4.90 Å². The Morgan fingerprint density at radius 1 is 1.05 bits per heavy atom. The summed E-state index contributed by atoms with van der Waals surface area (Å²) in [7, 11) is -3.65. The van der Waals surface area contributed by atoms with Gasteiger partial charge in [-0.05, 0) is 55.3 Å². The van der Waals surface area contributed by atoms with E-state index in [0.717, 1.165) is 11.1 Å². The Morgan fingerprint density at radius 2 is 1.75 bits per heavy atom. The second-order valence-corrected chi connectivity index (χ2v) is 6.68. The van der Waals surface area contributed by atoms with Crippen molar-refractivity contribution >= 4 is 33.0 Å². The molecule has 0 aliphatic heterocycles. The molecule has 2 rings (SSSR count). The lowest BCUT2D eigenvalue weighted by Crippen LogP contribution is -2.13. The number of anilines is 2. The fourth-order valence-electron chi connectivity index (χ4n) is 1.69. The van der Waals surface area contributed by atoms with E-state index in [0.29, 0.717) is 16.4 Å². The lowest BCUT2D eigenvalue weighted by molar-refractivity contribution is 0.601. The van der Waals surface area contributed by atoms with E-state index in [1.54, 1.807) is 31.2 Å². The van der Waals surface area contributed by atoms with Crippen molar-refractivity contribution < 1.29 is 8.42 Å². The van der Waals surface area contributed by atoms with Crippen LogP contribution < -0.4 is 10.5 Å². The lowest BCUT2D eigenvalue weighted by atomic mass is 10.2. The van der Waals surface area contributed by atoms with E-state index in [1.165, 1.54) is 12.1 Å². The lowest BCUT2D eigenvalue weighted by Gasteiger charge is -2.10. The van der Waals surface area contributed by atoms with Crippen LogP contribution in [0.2, 0.25) is 5.02 Å². The smallest absolute Gasteiger partial charge is 0.261 e. The minimum atomic E-state index is -3.65. The second-order valence-electron chi connectivity index (χ2n) is 4.59. The van der Waals surface area contributed by atoms with E-state index in [9.17, 15) is 8.42 Å². The zero-order valence-corrected chi connectivity index (χ0v) is 12.7. The molecule has 0 saturated carbocycles. The SMILES string of the molecule is Cc1cc(S(=O)(=O)Nc2ccc(C)c(Cl)c2)ccc1N. The van der Waals surface area contributed by atoms with Crippen LogP contribution in [0, 0.1) is 13.8 Å². The summed E-state index contributed by atoms with van der Waals surface area (Å²) in [5.41, 5.74) is 8.28. The highest BCUT2D eigenvalue weighted by atomic mass is 35.5. The molecule has 3 N–H and O–H groups in total. The Kier molecular flexibility index (Phi) is 3.92. The predicted octanol–water partition coefficient (Wildman–Crippen LogP) is 3.34. The zero-order valence-electron chi connectivity index (χ0n) is 11.1. The van der Waals surface area contributed by atoms with Crippen LogP contribution in [-0.2, 0) is 10.0 Å². The van der Waals surface area contributed by atoms with E-state index in [4.69, 9.17) is 17.3 Å². The molecule has 20 heavy (non-hydrogen) atoms. The molecule has 0 aliphatic carbocycles. The first kappa shape index (κ1) is 14.7. The van der Waals surface area contributed by atoms with Crippen molar-refractivity contribution in [1.82, 2.24) is 0 Å². The highest BCUT2D eigenvalue weighted by Gasteiger charge is 2.15. The number of sulfonamides is 1. The Bertz CT molecular complexity index is 758. The van der Waals surface area contributed by atoms with Crippen LogP contribution in [0.5, 0.6) is 0 Å². The summed E-state index contributed by atoms with van der Waals surface area (Å²) in [6.07, 6.45) is 0. The normalized spacial score (nSPS) is 11.3. The molecule has 2 aromatic rings. The summed E-state index contributed by atoms with van der Waals surface area (Å²) >= 11 is 5.98. The van der Waals surface area contributed by atoms with Gasteiger partial charge in [0.05, 0.1) is 10.6 Å². The minimum absolute atomic E-state index is 0.167. The van der Waals surface area contributed by atoms with Gasteiger partial charge in [0.15, 0.2) is 0 Å². The molecule has 6 heteroatoms. The Morgan fingerprint density at radius 3 is 2.35 bits per heavy atom. The van der Waals surface area contributed by atoms with Gasteiger partial charge in [-0.2, -0.15) is 0 Å². The molecular formula is C14H15ClN2O2S. The summed E-state index contributed by atoms with van der Waals surface area (Å²) in [5, 5.41) is 0.513. The number of nitrogens with two attached hydrogens (primary N) is 1. The maximum absolute atomic E-state index is 12.3. The first-order valence-corrected chi connectivity index (χ1v) is 7.81. The molecule has 0 aromatic heterocycles. The molecule has 0 spiro atoms. The molecule has 0 bridgehead atoms. The summed E-state index contributed by atoms with van der Waals surface area (Å²) < 4.78 is 27.0. The molecule has 0 fully saturated rings. The molecule has 0 aliphatic rings. The monoisotopic (exact) mass is 310 g/mol. The van der Waals surface area contributed by atoms with Gasteiger partial charge < -0.3 is 5.73 Å². The largest absolute Gasteiger partial charge is 0.399 e. The van der Waals surface area contributed by atoms with Gasteiger partial charge in [-0.15, -0.1) is 0 Å². The Labute approximate surface area is 123 Å². The maximum atomic E-state index is 12.3. The van der Waals surface area contributed by atoms with E-state index in [1.807, 2.05) is 6.92 Å². The molecule has 0 saturated heterocycles. The first-order valence-electron chi connectivity index (χ1n) is 5.95. The number of benzene rings is 2. The highest BCUT2D eigenvalue weighted by Crippen LogP contribution is 2.23. The van der Waals surface area contributed by atoms with Crippen molar-refractivity contribution in [2.45, 2.75) is 18.7 Å². The summed E-state index contributed by atoms with van der Waals surface area (Å²) in [6, 6.07) is 9.59. The van der Waals surface area contributed by atoms with Crippen molar-refractivity contribution in [3.63, 3.8) is 0 Å². The first-order chi connectivity index (χ1) is 9.29. The van der Waals surface area contributed by atoms with Gasteiger partial charge in [-0.1, -0.05) is 17.7 Å². The van der Waals surface area contributed by atoms with Gasteiger partial charge in [0.25, 0.3) is 10.0 Å². The molecule has 0 radical (unpaired) electrons. The Balaban J connectivity index is 2.35. The van der Waals surface area contributed by atoms with Crippen LogP contribution in [-0.4, -0.2) is 8.42 Å². The number of rotatable bonds is 3. The van der Waals surface area contributed by atoms with Gasteiger partial charge >= 0.3 is 0 Å². The molecule has 4 nitrogen and oxygen atoms in total. The van der Waals surface area contributed by atoms with Crippen LogP contribution in [0.4, 0.5) is 11.4 Å². The predicted molar refractivity (Wildman–Crippen MR) is 82.6 cm³/mol. The molecule has 0 unspecified atom stereocenters. The third kappa shape index (κ3) is 3.05. The van der Waals surface area contributed by atoms with Crippen molar-refractivity contribution in [1.29, 1.82) is 0 Å². The number of hydrogen-bond donors (Lipinski definition) is 2. The topological polar surface area (TPSA) is 72.2 Å². The van der Waals surface area contributed by atoms with Crippen molar-refractivity contribution in [3.8, 4) is 0 Å². The standard InChI is InChI=1S/C14H15ClN2O2S/c1-9-3-4-11(8-13(9)15)17-20(18,19)12-5-6-14(16)10(2)7-12/h3-8,17H,16H2,1-2H3. The number of aryl methyl sites for hydroxylation is 2. The molecule has 2 aromatic carbocycles. The van der Waals surface area contributed by atoms with Crippen molar-refractivity contribution in [3.05, 3.63) is 52.5 Å². The second kappa shape index (κ2) is 5.34. The van der Waals surface area contributed by atoms with Gasteiger partial charge in [0, 0.05) is 10.7 Å². The van der Waals surface area contributed by atoms with Crippen LogP contribution in [0.3, 0.4) is 0 Å². The summed E-state index contributed by atoms with van der Waals surface area (Å²) in [6.45, 7) is 3.61. The van der Waals surface area contributed by atoms with Gasteiger partial charge in [0.2, 0.25) is 0 Å². The Hall–Kier alpha value is -1.72. The molecule has 106 valence electrons. The van der Waals surface area contributed by atoms with Crippen LogP contribution in [0.15, 0.2) is 41.3 Å². The van der Waals surface area contributed by atoms with E-state index >= 15 is 0 Å². The van der Waals surface area contributed by atoms with Crippen molar-refractivity contribution in [2.75, 3.05) is 10.5 Å². The quantitative estimate of drug-likeness (QED) is 0.854. The average molecular weight is 311 g/mol. The van der Waals surface area contributed by atoms with E-state index < -0.39 is 10.0 Å². The van der Waals surface area contributed by atoms with Crippen LogP contribution >= 0.6 is 11.6 Å². The number of nitrogens with one attached hydrogen (secondary N) is 1. The van der Waals surface area contributed by atoms with Gasteiger partial charge in [0.1, 0.15) is 0 Å².